The summed E-state index contributed by atoms with van der Waals surface area (Å²) in [6.07, 6.45) is 0. The van der Waals surface area contributed by atoms with Crippen molar-refractivity contribution < 1.29 is 0 Å². The molecule has 262 valence electrons. The van der Waals surface area contributed by atoms with Gasteiger partial charge in [-0.05, 0) is 63.4 Å². The zero-order valence-corrected chi connectivity index (χ0v) is 31.2. The molecule has 0 aliphatic carbocycles. The maximum atomic E-state index is 5.35. The lowest BCUT2D eigenvalue weighted by Gasteiger charge is -2.22. The molecule has 0 saturated heterocycles. The van der Waals surface area contributed by atoms with Crippen LogP contribution in [0.2, 0.25) is 0 Å². The molecule has 5 heteroatoms. The van der Waals surface area contributed by atoms with Crippen molar-refractivity contribution in [1.82, 2.24) is 19.5 Å². The van der Waals surface area contributed by atoms with E-state index in [1.807, 2.05) is 24.3 Å². The van der Waals surface area contributed by atoms with Crippen molar-refractivity contribution in [1.29, 1.82) is 0 Å². The van der Waals surface area contributed by atoms with Crippen LogP contribution < -0.4 is 15.9 Å². The van der Waals surface area contributed by atoms with Crippen molar-refractivity contribution in [2.75, 3.05) is 0 Å². The minimum absolute atomic E-state index is 0.586. The first-order valence-electron chi connectivity index (χ1n) is 18.9. The number of fused-ring (bicyclic) bond motifs is 8. The lowest BCUT2D eigenvalue weighted by atomic mass is 9.98. The van der Waals surface area contributed by atoms with E-state index >= 15 is 0 Å². The number of aromatic nitrogens is 4. The van der Waals surface area contributed by atoms with Crippen LogP contribution in [0.3, 0.4) is 0 Å². The fourth-order valence-electron chi connectivity index (χ4n) is 8.20. The van der Waals surface area contributed by atoms with Crippen LogP contribution in [0.4, 0.5) is 0 Å². The van der Waals surface area contributed by atoms with Crippen LogP contribution >= 0.6 is 7.92 Å². The molecular weight excluding hydrogens is 700 g/mol. The second-order valence-electron chi connectivity index (χ2n) is 14.1. The van der Waals surface area contributed by atoms with Crippen LogP contribution in [-0.2, 0) is 0 Å². The smallest absolute Gasteiger partial charge is 0.238 e. The van der Waals surface area contributed by atoms with Gasteiger partial charge in [0.15, 0.2) is 11.6 Å². The molecule has 11 rings (SSSR count). The third kappa shape index (κ3) is 5.38. The van der Waals surface area contributed by atoms with Gasteiger partial charge in [-0.15, -0.1) is 0 Å². The van der Waals surface area contributed by atoms with E-state index in [0.717, 1.165) is 33.3 Å². The van der Waals surface area contributed by atoms with Crippen molar-refractivity contribution in [3.05, 3.63) is 200 Å². The molecule has 0 fully saturated rings. The number of rotatable bonds is 5. The zero-order valence-electron chi connectivity index (χ0n) is 30.3. The van der Waals surface area contributed by atoms with Gasteiger partial charge in [0.2, 0.25) is 5.95 Å². The van der Waals surface area contributed by atoms with Crippen LogP contribution in [0.1, 0.15) is 0 Å². The van der Waals surface area contributed by atoms with Crippen molar-refractivity contribution >= 4 is 45.5 Å². The molecule has 0 radical (unpaired) electrons. The summed E-state index contributed by atoms with van der Waals surface area (Å²) in [5, 5.41) is 7.64. The van der Waals surface area contributed by atoms with Crippen molar-refractivity contribution in [3.63, 3.8) is 0 Å². The Morgan fingerprint density at radius 3 is 1.68 bits per heavy atom. The fraction of sp³-hybridized carbons (Fsp3) is 0. The molecule has 1 unspecified atom stereocenters. The van der Waals surface area contributed by atoms with Crippen molar-refractivity contribution in [2.24, 2.45) is 0 Å². The number of nitrogens with zero attached hydrogens (tertiary/aromatic N) is 4. The van der Waals surface area contributed by atoms with Crippen molar-refractivity contribution in [3.8, 4) is 62.2 Å². The van der Waals surface area contributed by atoms with Crippen LogP contribution in [0, 0.1) is 0 Å². The topological polar surface area (TPSA) is 43.6 Å². The van der Waals surface area contributed by atoms with Gasteiger partial charge in [0, 0.05) is 27.6 Å². The Bertz CT molecular complexity index is 3080. The molecule has 0 N–H and O–H groups in total. The molecule has 0 spiro atoms. The molecule has 56 heavy (non-hydrogen) atoms. The minimum atomic E-state index is -0.929. The summed E-state index contributed by atoms with van der Waals surface area (Å²) in [5.41, 5.74) is 9.95. The Balaban J connectivity index is 1.19. The summed E-state index contributed by atoms with van der Waals surface area (Å²) in [5.74, 6) is 1.84. The lowest BCUT2D eigenvalue weighted by Crippen LogP contribution is -2.22. The summed E-state index contributed by atoms with van der Waals surface area (Å²) < 4.78 is 2.29. The van der Waals surface area contributed by atoms with Gasteiger partial charge in [-0.3, -0.25) is 4.57 Å². The SMILES string of the molecule is c1ccc(-c2ccc(-c3nc(-c4ccccc4)nc(-n4c5c(c6ccccc64)-c4ccccc4P(c4ccc6ccccc6c4)c4ccccc4-5)n3)cc2)cc1. The fourth-order valence-corrected chi connectivity index (χ4v) is 10.8. The Kier molecular flexibility index (Phi) is 7.75. The molecular formula is C51H33N4P. The van der Waals surface area contributed by atoms with Gasteiger partial charge in [-0.25, -0.2) is 4.98 Å². The Hall–Kier alpha value is -7.00. The molecule has 4 nitrogen and oxygen atoms in total. The maximum Gasteiger partial charge on any atom is 0.238 e. The number of benzene rings is 8. The largest absolute Gasteiger partial charge is 0.277 e. The summed E-state index contributed by atoms with van der Waals surface area (Å²) >= 11 is 0. The lowest BCUT2D eigenvalue weighted by molar-refractivity contribution is 0.939. The third-order valence-corrected chi connectivity index (χ3v) is 13.3. The minimum Gasteiger partial charge on any atom is -0.277 e. The highest BCUT2D eigenvalue weighted by atomic mass is 31.1. The number of hydrogen-bond donors (Lipinski definition) is 0. The van der Waals surface area contributed by atoms with Gasteiger partial charge in [0.05, 0.1) is 11.2 Å². The Morgan fingerprint density at radius 2 is 0.929 bits per heavy atom. The molecule has 10 aromatic rings. The normalized spacial score (nSPS) is 13.2. The van der Waals surface area contributed by atoms with Crippen molar-refractivity contribution in [2.45, 2.75) is 0 Å². The highest BCUT2D eigenvalue weighted by molar-refractivity contribution is 7.80. The van der Waals surface area contributed by atoms with Gasteiger partial charge in [-0.2, -0.15) is 9.97 Å². The van der Waals surface area contributed by atoms with Gasteiger partial charge in [0.1, 0.15) is 0 Å². The molecule has 0 amide bonds. The van der Waals surface area contributed by atoms with Crippen LogP contribution in [0.5, 0.6) is 0 Å². The molecule has 1 aliphatic rings. The zero-order chi connectivity index (χ0) is 37.0. The quantitative estimate of drug-likeness (QED) is 0.166. The molecule has 2 aromatic heterocycles. The summed E-state index contributed by atoms with van der Waals surface area (Å²) in [7, 11) is -0.929. The predicted octanol–water partition coefficient (Wildman–Crippen LogP) is 11.4. The number of para-hydroxylation sites is 1. The second kappa shape index (κ2) is 13.4. The van der Waals surface area contributed by atoms with Crippen LogP contribution in [0.15, 0.2) is 200 Å². The second-order valence-corrected chi connectivity index (χ2v) is 16.2. The highest BCUT2D eigenvalue weighted by Gasteiger charge is 2.33. The average molecular weight is 733 g/mol. The van der Waals surface area contributed by atoms with E-state index < -0.39 is 7.92 Å². The van der Waals surface area contributed by atoms with E-state index in [-0.39, 0.29) is 0 Å². The first kappa shape index (κ1) is 32.4. The summed E-state index contributed by atoms with van der Waals surface area (Å²) in [6, 6.07) is 71.5. The number of hydrogen-bond acceptors (Lipinski definition) is 3. The third-order valence-electron chi connectivity index (χ3n) is 10.8. The Labute approximate surface area is 326 Å². The molecule has 1 atom stereocenters. The van der Waals surface area contributed by atoms with Gasteiger partial charge < -0.3 is 0 Å². The van der Waals surface area contributed by atoms with E-state index in [0.29, 0.717) is 17.6 Å². The van der Waals surface area contributed by atoms with Gasteiger partial charge in [-0.1, -0.05) is 188 Å². The van der Waals surface area contributed by atoms with Crippen LogP contribution in [0.25, 0.3) is 83.9 Å². The van der Waals surface area contributed by atoms with Gasteiger partial charge in [0.25, 0.3) is 0 Å². The van der Waals surface area contributed by atoms with E-state index in [9.17, 15) is 0 Å². The first-order valence-corrected chi connectivity index (χ1v) is 20.2. The highest BCUT2D eigenvalue weighted by Crippen LogP contribution is 2.50. The van der Waals surface area contributed by atoms with E-state index in [1.54, 1.807) is 0 Å². The summed E-state index contributed by atoms with van der Waals surface area (Å²) in [6.45, 7) is 0. The van der Waals surface area contributed by atoms with Crippen LogP contribution in [-0.4, -0.2) is 19.5 Å². The summed E-state index contributed by atoms with van der Waals surface area (Å²) in [4.78, 5) is 15.8. The standard InChI is InChI=1S/C51H33N4P/c1-3-15-34(16-4-1)36-27-29-38(30-28-36)50-52-49(37-18-5-2-6-19-37)53-51(54-50)55-44-24-12-9-21-41(44)47-42-22-10-13-25-45(42)56(46-26-14-11-23-43(46)48(47)55)40-32-31-35-17-7-8-20-39(35)33-40/h1-33H. The predicted molar refractivity (Wildman–Crippen MR) is 234 cm³/mol. The maximum absolute atomic E-state index is 5.35. The molecule has 0 bridgehead atoms. The first-order chi connectivity index (χ1) is 27.8. The van der Waals surface area contributed by atoms with E-state index in [2.05, 4.69) is 180 Å². The van der Waals surface area contributed by atoms with E-state index in [4.69, 9.17) is 15.0 Å². The molecule has 8 aromatic carbocycles. The molecule has 3 heterocycles. The van der Waals surface area contributed by atoms with Gasteiger partial charge >= 0.3 is 0 Å². The molecule has 0 saturated carbocycles. The monoisotopic (exact) mass is 732 g/mol. The average Bonchev–Trinajstić information content (AvgIpc) is 3.56. The molecule has 1 aliphatic heterocycles. The Morgan fingerprint density at radius 1 is 0.393 bits per heavy atom. The van der Waals surface area contributed by atoms with E-state index in [1.165, 1.54) is 48.9 Å².